The predicted octanol–water partition coefficient (Wildman–Crippen LogP) is 4.73. The molecule has 0 radical (unpaired) electrons. The molecule has 4 heterocycles. The number of anilines is 1. The van der Waals surface area contributed by atoms with Gasteiger partial charge in [0.15, 0.2) is 0 Å². The number of amides is 3. The van der Waals surface area contributed by atoms with Crippen molar-refractivity contribution in [2.45, 2.75) is 90.5 Å². The van der Waals surface area contributed by atoms with Crippen LogP contribution in [0.1, 0.15) is 80.8 Å². The Bertz CT molecular complexity index is 1440. The zero-order valence-electron chi connectivity index (χ0n) is 24.8. The van der Waals surface area contributed by atoms with Crippen LogP contribution >= 0.6 is 11.6 Å². The summed E-state index contributed by atoms with van der Waals surface area (Å²) < 4.78 is 1.60. The van der Waals surface area contributed by atoms with Gasteiger partial charge in [-0.3, -0.25) is 14.4 Å². The van der Waals surface area contributed by atoms with E-state index in [2.05, 4.69) is 48.2 Å². The van der Waals surface area contributed by atoms with Gasteiger partial charge in [-0.25, -0.2) is 9.97 Å². The SMILES string of the molecule is CC(C)N1CCC(NC(=O)c2nc3c(C(=O)N4C(C)CCCC4C)cccc3n2CC(=O)Nc2ccc(Cl)cn2)CC1. The van der Waals surface area contributed by atoms with Crippen LogP contribution in [0.3, 0.4) is 0 Å². The van der Waals surface area contributed by atoms with Gasteiger partial charge in [-0.2, -0.15) is 0 Å². The minimum atomic E-state index is -0.376. The Morgan fingerprint density at radius 1 is 1.02 bits per heavy atom. The molecule has 10 nitrogen and oxygen atoms in total. The minimum absolute atomic E-state index is 0.00371. The Morgan fingerprint density at radius 3 is 2.38 bits per heavy atom. The number of piperidine rings is 2. The number of imidazole rings is 1. The van der Waals surface area contributed by atoms with Crippen molar-refractivity contribution in [2.75, 3.05) is 18.4 Å². The van der Waals surface area contributed by atoms with Crippen LogP contribution in [0.25, 0.3) is 11.0 Å². The lowest BCUT2D eigenvalue weighted by Crippen LogP contribution is -2.47. The number of hydrogen-bond donors (Lipinski definition) is 2. The molecule has 0 saturated carbocycles. The van der Waals surface area contributed by atoms with Crippen molar-refractivity contribution in [3.05, 3.63) is 52.9 Å². The fourth-order valence-corrected chi connectivity index (χ4v) is 6.31. The van der Waals surface area contributed by atoms with Gasteiger partial charge in [0, 0.05) is 43.5 Å². The van der Waals surface area contributed by atoms with Gasteiger partial charge in [-0.1, -0.05) is 17.7 Å². The van der Waals surface area contributed by atoms with E-state index in [0.717, 1.165) is 45.2 Å². The van der Waals surface area contributed by atoms with Gasteiger partial charge in [0.25, 0.3) is 11.8 Å². The number of likely N-dealkylation sites (tertiary alicyclic amines) is 2. The Kier molecular flexibility index (Phi) is 9.13. The van der Waals surface area contributed by atoms with Crippen molar-refractivity contribution in [2.24, 2.45) is 0 Å². The summed E-state index contributed by atoms with van der Waals surface area (Å²) in [5.74, 6) is -0.382. The van der Waals surface area contributed by atoms with E-state index in [1.165, 1.54) is 6.20 Å². The van der Waals surface area contributed by atoms with Crippen LogP contribution in [0.5, 0.6) is 0 Å². The summed E-state index contributed by atoms with van der Waals surface area (Å²) in [7, 11) is 0. The summed E-state index contributed by atoms with van der Waals surface area (Å²) in [6, 6.07) is 9.28. The molecule has 2 fully saturated rings. The third kappa shape index (κ3) is 6.44. The van der Waals surface area contributed by atoms with Crippen molar-refractivity contribution in [1.29, 1.82) is 0 Å². The fraction of sp³-hybridized carbons (Fsp3) is 0.516. The van der Waals surface area contributed by atoms with Crippen molar-refractivity contribution in [3.8, 4) is 0 Å². The van der Waals surface area contributed by atoms with Crippen LogP contribution in [0.4, 0.5) is 5.82 Å². The molecular formula is C31H40ClN7O3. The molecule has 11 heteroatoms. The first kappa shape index (κ1) is 30.0. The van der Waals surface area contributed by atoms with E-state index in [9.17, 15) is 14.4 Å². The molecule has 2 aliphatic rings. The van der Waals surface area contributed by atoms with Gasteiger partial charge < -0.3 is 25.0 Å². The van der Waals surface area contributed by atoms with E-state index in [1.54, 1.807) is 34.9 Å². The van der Waals surface area contributed by atoms with Crippen LogP contribution in [-0.4, -0.2) is 79.3 Å². The average Bonchev–Trinajstić information content (AvgIpc) is 3.32. The third-order valence-electron chi connectivity index (χ3n) is 8.53. The molecule has 0 spiro atoms. The van der Waals surface area contributed by atoms with Crippen molar-refractivity contribution in [1.82, 2.24) is 29.7 Å². The smallest absolute Gasteiger partial charge is 0.287 e. The molecule has 42 heavy (non-hydrogen) atoms. The first-order valence-electron chi connectivity index (χ1n) is 14.9. The maximum Gasteiger partial charge on any atom is 0.287 e. The Labute approximate surface area is 251 Å². The van der Waals surface area contributed by atoms with E-state index < -0.39 is 0 Å². The molecule has 3 aromatic rings. The number of nitrogens with one attached hydrogen (secondary N) is 2. The predicted molar refractivity (Wildman–Crippen MR) is 164 cm³/mol. The van der Waals surface area contributed by atoms with Crippen molar-refractivity contribution >= 4 is 46.2 Å². The Morgan fingerprint density at radius 2 is 1.74 bits per heavy atom. The lowest BCUT2D eigenvalue weighted by atomic mass is 9.96. The van der Waals surface area contributed by atoms with Crippen LogP contribution in [0.2, 0.25) is 5.02 Å². The van der Waals surface area contributed by atoms with Gasteiger partial charge in [0.1, 0.15) is 17.9 Å². The number of hydrogen-bond acceptors (Lipinski definition) is 6. The highest BCUT2D eigenvalue weighted by molar-refractivity contribution is 6.30. The molecule has 2 unspecified atom stereocenters. The zero-order chi connectivity index (χ0) is 30.0. The molecule has 2 N–H and O–H groups in total. The summed E-state index contributed by atoms with van der Waals surface area (Å²) in [5.41, 5.74) is 1.41. The second-order valence-electron chi connectivity index (χ2n) is 11.8. The molecule has 3 amide bonds. The van der Waals surface area contributed by atoms with E-state index in [-0.39, 0.29) is 48.2 Å². The number of benzene rings is 1. The molecule has 2 aliphatic heterocycles. The number of carbonyl (C=O) groups is 3. The molecule has 0 aliphatic carbocycles. The molecule has 5 rings (SSSR count). The molecule has 2 atom stereocenters. The van der Waals surface area contributed by atoms with Crippen molar-refractivity contribution in [3.63, 3.8) is 0 Å². The number of para-hydroxylation sites is 1. The highest BCUT2D eigenvalue weighted by Gasteiger charge is 2.32. The number of nitrogens with zero attached hydrogens (tertiary/aromatic N) is 5. The van der Waals surface area contributed by atoms with Crippen LogP contribution < -0.4 is 10.6 Å². The number of aromatic nitrogens is 3. The van der Waals surface area contributed by atoms with E-state index in [0.29, 0.717) is 33.5 Å². The van der Waals surface area contributed by atoms with Gasteiger partial charge in [0.05, 0.1) is 16.1 Å². The molecule has 2 aromatic heterocycles. The molecular weight excluding hydrogens is 554 g/mol. The summed E-state index contributed by atoms with van der Waals surface area (Å²) in [6.07, 6.45) is 6.10. The number of pyridine rings is 1. The summed E-state index contributed by atoms with van der Waals surface area (Å²) in [4.78, 5) is 54.0. The first-order valence-corrected chi connectivity index (χ1v) is 15.3. The zero-order valence-corrected chi connectivity index (χ0v) is 25.5. The number of rotatable bonds is 7. The number of halogens is 1. The molecule has 0 bridgehead atoms. The van der Waals surface area contributed by atoms with Gasteiger partial charge in [-0.15, -0.1) is 0 Å². The quantitative estimate of drug-likeness (QED) is 0.410. The van der Waals surface area contributed by atoms with Crippen LogP contribution in [0, 0.1) is 0 Å². The van der Waals surface area contributed by atoms with E-state index in [1.807, 2.05) is 4.90 Å². The third-order valence-corrected chi connectivity index (χ3v) is 8.76. The number of carbonyl (C=O) groups excluding carboxylic acids is 3. The van der Waals surface area contributed by atoms with E-state index in [4.69, 9.17) is 16.6 Å². The monoisotopic (exact) mass is 593 g/mol. The second-order valence-corrected chi connectivity index (χ2v) is 12.3. The Balaban J connectivity index is 1.47. The fourth-order valence-electron chi connectivity index (χ4n) is 6.20. The van der Waals surface area contributed by atoms with Crippen molar-refractivity contribution < 1.29 is 14.4 Å². The lowest BCUT2D eigenvalue weighted by molar-refractivity contribution is -0.116. The van der Waals surface area contributed by atoms with Gasteiger partial charge in [-0.05, 0) is 84.1 Å². The first-order chi connectivity index (χ1) is 20.1. The van der Waals surface area contributed by atoms with Crippen LogP contribution in [0.15, 0.2) is 36.5 Å². The molecule has 1 aromatic carbocycles. The molecule has 224 valence electrons. The maximum absolute atomic E-state index is 13.9. The topological polar surface area (TPSA) is 112 Å². The standard InChI is InChI=1S/C31H40ClN7O3/c1-19(2)37-15-13-23(14-16-37)34-30(41)29-36-28-24(31(42)39-20(3)7-5-8-21(39)4)9-6-10-25(28)38(29)18-27(40)35-26-12-11-22(32)17-33-26/h6,9-12,17,19-21,23H,5,7-8,13-16,18H2,1-4H3,(H,34,41)(H,33,35,40). The highest BCUT2D eigenvalue weighted by Crippen LogP contribution is 2.28. The molecule has 2 saturated heterocycles. The second kappa shape index (κ2) is 12.8. The number of fused-ring (bicyclic) bond motifs is 1. The maximum atomic E-state index is 13.9. The summed E-state index contributed by atoms with van der Waals surface area (Å²) in [6.45, 7) is 10.1. The minimum Gasteiger partial charge on any atom is -0.347 e. The largest absolute Gasteiger partial charge is 0.347 e. The van der Waals surface area contributed by atoms with Crippen LogP contribution in [-0.2, 0) is 11.3 Å². The van der Waals surface area contributed by atoms with E-state index >= 15 is 0 Å². The Hall–Kier alpha value is -3.50. The highest BCUT2D eigenvalue weighted by atomic mass is 35.5. The van der Waals surface area contributed by atoms with Gasteiger partial charge in [0.2, 0.25) is 11.7 Å². The summed E-state index contributed by atoms with van der Waals surface area (Å²) >= 11 is 5.94. The normalized spacial score (nSPS) is 20.2. The summed E-state index contributed by atoms with van der Waals surface area (Å²) in [5, 5.41) is 6.37. The lowest BCUT2D eigenvalue weighted by Gasteiger charge is -2.39. The van der Waals surface area contributed by atoms with Gasteiger partial charge >= 0.3 is 0 Å². The average molecular weight is 594 g/mol.